The molecular weight excluding hydrogens is 465 g/mol. The van der Waals surface area contributed by atoms with E-state index in [1.165, 1.54) is 31.3 Å². The number of rotatable bonds is 10. The van der Waals surface area contributed by atoms with E-state index in [0.717, 1.165) is 10.6 Å². The second-order valence-corrected chi connectivity index (χ2v) is 10.5. The highest BCUT2D eigenvalue weighted by Gasteiger charge is 2.23. The zero-order valence-corrected chi connectivity index (χ0v) is 20.5. The Morgan fingerprint density at radius 2 is 1.76 bits per heavy atom. The molecular formula is C23H30FN3O6S. The first-order chi connectivity index (χ1) is 15.7. The Balaban J connectivity index is 2.70. The third kappa shape index (κ3) is 7.05. The number of sulfonamides is 1. The summed E-state index contributed by atoms with van der Waals surface area (Å²) in [5.41, 5.74) is 2.26. The zero-order valence-electron chi connectivity index (χ0n) is 19.7. The van der Waals surface area contributed by atoms with Crippen LogP contribution in [0.4, 0.5) is 10.3 Å². The van der Waals surface area contributed by atoms with Gasteiger partial charge in [0.05, 0.1) is 36.3 Å². The van der Waals surface area contributed by atoms with E-state index < -0.39 is 40.4 Å². The minimum Gasteiger partial charge on any atom is -0.481 e. The Morgan fingerprint density at radius 1 is 1.18 bits per heavy atom. The monoisotopic (exact) mass is 495 g/mol. The maximum Gasteiger partial charge on any atom is 0.305 e. The van der Waals surface area contributed by atoms with Gasteiger partial charge in [0, 0.05) is 24.6 Å². The number of carbonyl (C=O) groups is 1. The van der Waals surface area contributed by atoms with Gasteiger partial charge in [0.25, 0.3) is 0 Å². The van der Waals surface area contributed by atoms with Crippen molar-refractivity contribution in [2.24, 2.45) is 0 Å². The Hall–Kier alpha value is -2.89. The summed E-state index contributed by atoms with van der Waals surface area (Å²) in [6.07, 6.45) is -0.422. The van der Waals surface area contributed by atoms with Gasteiger partial charge < -0.3 is 15.3 Å². The van der Waals surface area contributed by atoms with Gasteiger partial charge in [0.15, 0.2) is 0 Å². The fourth-order valence-corrected chi connectivity index (χ4v) is 3.60. The molecule has 0 aliphatic carbocycles. The van der Waals surface area contributed by atoms with Crippen molar-refractivity contribution >= 4 is 28.0 Å². The summed E-state index contributed by atoms with van der Waals surface area (Å²) in [7, 11) is -2.33. The van der Waals surface area contributed by atoms with Crippen LogP contribution in [-0.4, -0.2) is 65.2 Å². The van der Waals surface area contributed by atoms with Gasteiger partial charge in [0.1, 0.15) is 5.82 Å². The molecule has 2 rings (SSSR count). The van der Waals surface area contributed by atoms with Crippen molar-refractivity contribution in [2.75, 3.05) is 17.6 Å². The first-order valence-corrected chi connectivity index (χ1v) is 12.4. The molecule has 0 fully saturated rings. The number of benzene rings is 1. The lowest BCUT2D eigenvalue weighted by molar-refractivity contribution is -0.139. The lowest BCUT2D eigenvalue weighted by Gasteiger charge is -2.21. The number of carboxylic acids is 1. The van der Waals surface area contributed by atoms with Gasteiger partial charge in [-0.3, -0.25) is 4.79 Å². The number of carboxylic acid groups (broad SMARTS) is 1. The van der Waals surface area contributed by atoms with Crippen molar-refractivity contribution in [2.45, 2.75) is 51.7 Å². The summed E-state index contributed by atoms with van der Waals surface area (Å²) in [6, 6.07) is 5.52. The fourth-order valence-electron chi connectivity index (χ4n) is 3.23. The molecule has 2 aromatic rings. The molecule has 186 valence electrons. The first kappa shape index (κ1) is 27.4. The maximum absolute atomic E-state index is 13.6. The zero-order chi connectivity index (χ0) is 25.8. The van der Waals surface area contributed by atoms with Gasteiger partial charge in [-0.05, 0) is 48.8 Å². The molecule has 0 unspecified atom stereocenters. The molecule has 9 nitrogen and oxygen atoms in total. The van der Waals surface area contributed by atoms with E-state index in [2.05, 4.69) is 9.97 Å². The smallest absolute Gasteiger partial charge is 0.305 e. The van der Waals surface area contributed by atoms with E-state index in [1.807, 2.05) is 13.8 Å². The molecule has 3 N–H and O–H groups in total. The van der Waals surface area contributed by atoms with Gasteiger partial charge in [-0.2, -0.15) is 0 Å². The van der Waals surface area contributed by atoms with Crippen molar-refractivity contribution in [1.82, 2.24) is 9.97 Å². The van der Waals surface area contributed by atoms with E-state index in [-0.39, 0.29) is 18.3 Å². The van der Waals surface area contributed by atoms with Crippen molar-refractivity contribution in [1.29, 1.82) is 0 Å². The normalized spacial score (nSPS) is 14.2. The average molecular weight is 496 g/mol. The second-order valence-electron chi connectivity index (χ2n) is 8.45. The van der Waals surface area contributed by atoms with Crippen molar-refractivity contribution in [3.63, 3.8) is 0 Å². The lowest BCUT2D eigenvalue weighted by Crippen LogP contribution is -2.27. The average Bonchev–Trinajstić information content (AvgIpc) is 2.72. The Labute approximate surface area is 198 Å². The van der Waals surface area contributed by atoms with E-state index in [4.69, 9.17) is 5.11 Å². The molecule has 11 heteroatoms. The molecule has 0 aliphatic heterocycles. The minimum absolute atomic E-state index is 0.0576. The second kappa shape index (κ2) is 11.0. The molecule has 0 aliphatic rings. The molecule has 0 radical (unpaired) electrons. The number of aliphatic hydroxyl groups excluding tert-OH is 2. The van der Waals surface area contributed by atoms with Crippen LogP contribution < -0.4 is 4.31 Å². The Kier molecular flexibility index (Phi) is 8.87. The number of halogens is 1. The lowest BCUT2D eigenvalue weighted by atomic mass is 9.94. The van der Waals surface area contributed by atoms with Crippen LogP contribution in [0.1, 0.15) is 50.8 Å². The van der Waals surface area contributed by atoms with Gasteiger partial charge in [-0.15, -0.1) is 0 Å². The van der Waals surface area contributed by atoms with Crippen molar-refractivity contribution in [3.05, 3.63) is 46.9 Å². The topological polar surface area (TPSA) is 141 Å². The minimum atomic E-state index is -3.66. The molecule has 2 atom stereocenters. The number of aromatic nitrogens is 2. The molecule has 0 spiro atoms. The SMILES string of the molecule is C/C(=C\c1c(-c2ccc(F)cc2)nc(N(C)S(C)(=O)=O)nc1C(C)C)[C@@H](O)C[C@@H](O)CC(=O)O. The van der Waals surface area contributed by atoms with E-state index in [9.17, 15) is 27.8 Å². The quantitative estimate of drug-likeness (QED) is 0.457. The summed E-state index contributed by atoms with van der Waals surface area (Å²) in [6.45, 7) is 5.34. The fraction of sp³-hybridized carbons (Fsp3) is 0.435. The molecule has 0 saturated heterocycles. The number of nitrogens with zero attached hydrogens (tertiary/aromatic N) is 3. The van der Waals surface area contributed by atoms with E-state index in [0.29, 0.717) is 28.1 Å². The summed E-state index contributed by atoms with van der Waals surface area (Å²) in [5, 5.41) is 29.3. The van der Waals surface area contributed by atoms with Crippen LogP contribution in [0, 0.1) is 5.82 Å². The highest BCUT2D eigenvalue weighted by Crippen LogP contribution is 2.32. The molecule has 1 aromatic carbocycles. The van der Waals surface area contributed by atoms with Crippen LogP contribution in [0.15, 0.2) is 29.8 Å². The van der Waals surface area contributed by atoms with Crippen molar-refractivity contribution < 1.29 is 32.9 Å². The summed E-state index contributed by atoms with van der Waals surface area (Å²) in [5.74, 6) is -1.87. The summed E-state index contributed by atoms with van der Waals surface area (Å²) in [4.78, 5) is 19.7. The third-order valence-corrected chi connectivity index (χ3v) is 6.37. The number of aliphatic carboxylic acids is 1. The number of hydrogen-bond acceptors (Lipinski definition) is 7. The largest absolute Gasteiger partial charge is 0.481 e. The third-order valence-electron chi connectivity index (χ3n) is 5.21. The van der Waals surface area contributed by atoms with Crippen LogP contribution in [-0.2, 0) is 14.8 Å². The predicted molar refractivity (Wildman–Crippen MR) is 127 cm³/mol. The molecule has 34 heavy (non-hydrogen) atoms. The number of hydrogen-bond donors (Lipinski definition) is 3. The Bertz CT molecular complexity index is 1170. The molecule has 0 amide bonds. The van der Waals surface area contributed by atoms with Crippen LogP contribution in [0.25, 0.3) is 17.3 Å². The van der Waals surface area contributed by atoms with E-state index in [1.54, 1.807) is 13.0 Å². The Morgan fingerprint density at radius 3 is 2.26 bits per heavy atom. The highest BCUT2D eigenvalue weighted by atomic mass is 32.2. The molecule has 0 bridgehead atoms. The van der Waals surface area contributed by atoms with Gasteiger partial charge in [-0.1, -0.05) is 13.8 Å². The van der Waals surface area contributed by atoms with Crippen LogP contribution in [0.2, 0.25) is 0 Å². The molecule has 0 saturated carbocycles. The van der Waals surface area contributed by atoms with Crippen LogP contribution in [0.3, 0.4) is 0 Å². The van der Waals surface area contributed by atoms with Gasteiger partial charge in [0.2, 0.25) is 16.0 Å². The standard InChI is InChI=1S/C23H30FN3O6S/c1-13(2)21-18(10-14(3)19(29)11-17(28)12-20(30)31)22(15-6-8-16(24)9-7-15)26-23(25-21)27(4)34(5,32)33/h6-10,13,17,19,28-29H,11-12H2,1-5H3,(H,30,31)/b14-10+/t17-,19+/m1/s1. The van der Waals surface area contributed by atoms with E-state index >= 15 is 0 Å². The number of anilines is 1. The molecule has 1 heterocycles. The molecule has 1 aromatic heterocycles. The van der Waals surface area contributed by atoms with Gasteiger partial charge in [-0.25, -0.2) is 27.1 Å². The van der Waals surface area contributed by atoms with Gasteiger partial charge >= 0.3 is 5.97 Å². The predicted octanol–water partition coefficient (Wildman–Crippen LogP) is 2.79. The number of aliphatic hydroxyl groups is 2. The highest BCUT2D eigenvalue weighted by molar-refractivity contribution is 7.92. The van der Waals surface area contributed by atoms with Crippen LogP contribution >= 0.6 is 0 Å². The summed E-state index contributed by atoms with van der Waals surface area (Å²) >= 11 is 0. The summed E-state index contributed by atoms with van der Waals surface area (Å²) < 4.78 is 38.8. The van der Waals surface area contributed by atoms with Crippen LogP contribution in [0.5, 0.6) is 0 Å². The van der Waals surface area contributed by atoms with Crippen molar-refractivity contribution in [3.8, 4) is 11.3 Å². The maximum atomic E-state index is 13.6. The first-order valence-electron chi connectivity index (χ1n) is 10.6.